The Morgan fingerprint density at radius 2 is 2.18 bits per heavy atom. The van der Waals surface area contributed by atoms with Crippen LogP contribution in [0.5, 0.6) is 0 Å². The molecule has 1 aliphatic rings. The lowest BCUT2D eigenvalue weighted by Crippen LogP contribution is -2.25. The number of nitrogens with one attached hydrogen (secondary N) is 1. The number of rotatable bonds is 4. The van der Waals surface area contributed by atoms with Crippen molar-refractivity contribution in [3.63, 3.8) is 0 Å². The van der Waals surface area contributed by atoms with Crippen molar-refractivity contribution in [3.8, 4) is 0 Å². The van der Waals surface area contributed by atoms with Crippen molar-refractivity contribution in [2.24, 2.45) is 5.92 Å². The van der Waals surface area contributed by atoms with Crippen LogP contribution in [0.3, 0.4) is 0 Å². The summed E-state index contributed by atoms with van der Waals surface area (Å²) < 4.78 is 0. The van der Waals surface area contributed by atoms with Gasteiger partial charge in [-0.25, -0.2) is 0 Å². The maximum atomic E-state index is 3.60. The summed E-state index contributed by atoms with van der Waals surface area (Å²) in [6, 6.07) is 6.71. The average Bonchev–Trinajstić information content (AvgIpc) is 2.68. The van der Waals surface area contributed by atoms with Gasteiger partial charge in [-0.3, -0.25) is 0 Å². The van der Waals surface area contributed by atoms with Crippen LogP contribution in [0.15, 0.2) is 18.2 Å². The van der Waals surface area contributed by atoms with Gasteiger partial charge in [0.1, 0.15) is 0 Å². The fourth-order valence-corrected chi connectivity index (χ4v) is 2.65. The third-order valence-electron chi connectivity index (χ3n) is 3.74. The summed E-state index contributed by atoms with van der Waals surface area (Å²) in [5, 5.41) is 3.60. The Balaban J connectivity index is 1.78. The van der Waals surface area contributed by atoms with Gasteiger partial charge in [0.2, 0.25) is 0 Å². The number of aryl methyl sites for hydroxylation is 2. The predicted octanol–water partition coefficient (Wildman–Crippen LogP) is 2.34. The number of likely N-dealkylation sites (tertiary alicyclic amines) is 1. The summed E-state index contributed by atoms with van der Waals surface area (Å²) in [7, 11) is 2.21. The van der Waals surface area contributed by atoms with Crippen molar-refractivity contribution in [2.75, 3.05) is 26.7 Å². The van der Waals surface area contributed by atoms with Crippen LogP contribution in [0.2, 0.25) is 0 Å². The Hall–Kier alpha value is -0.860. The quantitative estimate of drug-likeness (QED) is 0.857. The summed E-state index contributed by atoms with van der Waals surface area (Å²) in [5.74, 6) is 0.839. The van der Waals surface area contributed by atoms with Crippen LogP contribution >= 0.6 is 0 Å². The highest BCUT2D eigenvalue weighted by Gasteiger charge is 2.18. The molecule has 2 nitrogen and oxygen atoms in total. The van der Waals surface area contributed by atoms with Crippen LogP contribution in [0.1, 0.15) is 23.1 Å². The van der Waals surface area contributed by atoms with Crippen molar-refractivity contribution in [2.45, 2.75) is 26.8 Å². The molecule has 0 saturated carbocycles. The smallest absolute Gasteiger partial charge is 0.0208 e. The van der Waals surface area contributed by atoms with Crippen LogP contribution in [-0.4, -0.2) is 31.6 Å². The van der Waals surface area contributed by atoms with Crippen molar-refractivity contribution < 1.29 is 0 Å². The first-order chi connectivity index (χ1) is 8.15. The van der Waals surface area contributed by atoms with Gasteiger partial charge in [-0.05, 0) is 57.5 Å². The van der Waals surface area contributed by atoms with Gasteiger partial charge in [-0.15, -0.1) is 0 Å². The van der Waals surface area contributed by atoms with Gasteiger partial charge in [0.05, 0.1) is 0 Å². The molecule has 0 bridgehead atoms. The molecule has 2 rings (SSSR count). The van der Waals surface area contributed by atoms with Crippen molar-refractivity contribution in [1.82, 2.24) is 10.2 Å². The monoisotopic (exact) mass is 232 g/mol. The van der Waals surface area contributed by atoms with E-state index in [0.29, 0.717) is 0 Å². The molecule has 1 N–H and O–H groups in total. The normalized spacial score (nSPS) is 21.0. The van der Waals surface area contributed by atoms with E-state index in [0.717, 1.165) is 19.0 Å². The van der Waals surface area contributed by atoms with Crippen molar-refractivity contribution in [3.05, 3.63) is 34.9 Å². The van der Waals surface area contributed by atoms with Gasteiger partial charge in [0.15, 0.2) is 0 Å². The van der Waals surface area contributed by atoms with Gasteiger partial charge < -0.3 is 10.2 Å². The average molecular weight is 232 g/mol. The van der Waals surface area contributed by atoms with E-state index in [2.05, 4.69) is 49.3 Å². The molecular weight excluding hydrogens is 208 g/mol. The summed E-state index contributed by atoms with van der Waals surface area (Å²) in [6.45, 7) is 9.02. The third-order valence-corrected chi connectivity index (χ3v) is 3.74. The highest BCUT2D eigenvalue weighted by atomic mass is 15.1. The zero-order valence-corrected chi connectivity index (χ0v) is 11.3. The maximum absolute atomic E-state index is 3.60. The van der Waals surface area contributed by atoms with Crippen LogP contribution in [0.25, 0.3) is 0 Å². The Morgan fingerprint density at radius 3 is 2.82 bits per heavy atom. The molecule has 0 spiro atoms. The minimum Gasteiger partial charge on any atom is -0.312 e. The van der Waals surface area contributed by atoms with E-state index in [9.17, 15) is 0 Å². The highest BCUT2D eigenvalue weighted by Crippen LogP contribution is 2.14. The van der Waals surface area contributed by atoms with E-state index >= 15 is 0 Å². The second-order valence-corrected chi connectivity index (χ2v) is 5.48. The van der Waals surface area contributed by atoms with Gasteiger partial charge in [-0.1, -0.05) is 23.8 Å². The molecule has 1 fully saturated rings. The molecule has 1 heterocycles. The van der Waals surface area contributed by atoms with Crippen LogP contribution < -0.4 is 5.32 Å². The van der Waals surface area contributed by atoms with E-state index in [4.69, 9.17) is 0 Å². The third kappa shape index (κ3) is 3.55. The largest absolute Gasteiger partial charge is 0.312 e. The molecule has 0 amide bonds. The SMILES string of the molecule is Cc1ccc(CNCC2CCN(C)C2)c(C)c1. The summed E-state index contributed by atoms with van der Waals surface area (Å²) in [5.41, 5.74) is 4.19. The number of hydrogen-bond acceptors (Lipinski definition) is 2. The lowest BCUT2D eigenvalue weighted by molar-refractivity contribution is 0.388. The van der Waals surface area contributed by atoms with Gasteiger partial charge in [-0.2, -0.15) is 0 Å². The topological polar surface area (TPSA) is 15.3 Å². The zero-order chi connectivity index (χ0) is 12.3. The molecule has 94 valence electrons. The Labute approximate surface area is 105 Å². The second-order valence-electron chi connectivity index (χ2n) is 5.48. The van der Waals surface area contributed by atoms with Crippen LogP contribution in [0, 0.1) is 19.8 Å². The summed E-state index contributed by atoms with van der Waals surface area (Å²) >= 11 is 0. The fourth-order valence-electron chi connectivity index (χ4n) is 2.65. The van der Waals surface area contributed by atoms with E-state index < -0.39 is 0 Å². The first kappa shape index (κ1) is 12.6. The molecule has 17 heavy (non-hydrogen) atoms. The Bertz CT molecular complexity index is 373. The number of nitrogens with zero attached hydrogens (tertiary/aromatic N) is 1. The van der Waals surface area contributed by atoms with E-state index in [1.54, 1.807) is 0 Å². The molecule has 2 heteroatoms. The molecular formula is C15H24N2. The molecule has 0 aromatic heterocycles. The van der Waals surface area contributed by atoms with Gasteiger partial charge >= 0.3 is 0 Å². The highest BCUT2D eigenvalue weighted by molar-refractivity contribution is 5.30. The van der Waals surface area contributed by atoms with E-state index in [1.807, 2.05) is 0 Å². The summed E-state index contributed by atoms with van der Waals surface area (Å²) in [4.78, 5) is 2.42. The molecule has 1 aromatic carbocycles. The number of benzene rings is 1. The van der Waals surface area contributed by atoms with Crippen LogP contribution in [-0.2, 0) is 6.54 Å². The van der Waals surface area contributed by atoms with E-state index in [-0.39, 0.29) is 0 Å². The van der Waals surface area contributed by atoms with Crippen molar-refractivity contribution in [1.29, 1.82) is 0 Å². The number of hydrogen-bond donors (Lipinski definition) is 1. The molecule has 1 aromatic rings. The lowest BCUT2D eigenvalue weighted by Gasteiger charge is -2.13. The first-order valence-corrected chi connectivity index (χ1v) is 6.60. The standard InChI is InChI=1S/C15H24N2/c1-12-4-5-15(13(2)8-12)10-16-9-14-6-7-17(3)11-14/h4-5,8,14,16H,6-7,9-11H2,1-3H3. The molecule has 1 unspecified atom stereocenters. The first-order valence-electron chi connectivity index (χ1n) is 6.60. The molecule has 1 atom stereocenters. The Kier molecular flexibility index (Phi) is 4.19. The lowest BCUT2D eigenvalue weighted by atomic mass is 10.1. The van der Waals surface area contributed by atoms with Gasteiger partial charge in [0, 0.05) is 13.1 Å². The molecule has 1 aliphatic heterocycles. The van der Waals surface area contributed by atoms with Gasteiger partial charge in [0.25, 0.3) is 0 Å². The maximum Gasteiger partial charge on any atom is 0.0208 e. The second kappa shape index (κ2) is 5.65. The predicted molar refractivity (Wildman–Crippen MR) is 73.2 cm³/mol. The van der Waals surface area contributed by atoms with E-state index in [1.165, 1.54) is 36.2 Å². The molecule has 0 aliphatic carbocycles. The zero-order valence-electron chi connectivity index (χ0n) is 11.3. The molecule has 0 radical (unpaired) electrons. The minimum absolute atomic E-state index is 0.839. The van der Waals surface area contributed by atoms with Crippen LogP contribution in [0.4, 0.5) is 0 Å². The summed E-state index contributed by atoms with van der Waals surface area (Å²) in [6.07, 6.45) is 1.34. The fraction of sp³-hybridized carbons (Fsp3) is 0.600. The van der Waals surface area contributed by atoms with Crippen molar-refractivity contribution >= 4 is 0 Å². The molecule has 1 saturated heterocycles. The Morgan fingerprint density at radius 1 is 1.35 bits per heavy atom. The minimum atomic E-state index is 0.839.